The number of allylic oxidation sites excluding steroid dienone is 5. The van der Waals surface area contributed by atoms with Gasteiger partial charge < -0.3 is 0 Å². The van der Waals surface area contributed by atoms with E-state index >= 15 is 0 Å². The first-order valence-corrected chi connectivity index (χ1v) is 3.98. The van der Waals surface area contributed by atoms with Gasteiger partial charge in [-0.15, -0.1) is 0 Å². The Hall–Kier alpha value is -0.780. The molecule has 0 bridgehead atoms. The van der Waals surface area contributed by atoms with Crippen molar-refractivity contribution >= 4 is 0 Å². The van der Waals surface area contributed by atoms with Gasteiger partial charge in [0.05, 0.1) is 0 Å². The maximum Gasteiger partial charge on any atom is -0.0132 e. The fraction of sp³-hybridized carbons (Fsp3) is 0.455. The van der Waals surface area contributed by atoms with E-state index in [1.807, 2.05) is 13.0 Å². The lowest BCUT2D eigenvalue weighted by Gasteiger charge is -2.19. The van der Waals surface area contributed by atoms with Crippen molar-refractivity contribution in [2.24, 2.45) is 5.41 Å². The number of hydrogen-bond donors (Lipinski definition) is 0. The van der Waals surface area contributed by atoms with Crippen LogP contribution in [0, 0.1) is 5.41 Å². The molecular weight excluding hydrogens is 132 g/mol. The SMILES string of the molecule is C=C/C=C(\C=C/C)C(C)(C)C. The van der Waals surface area contributed by atoms with E-state index in [4.69, 9.17) is 0 Å². The minimum atomic E-state index is 0.223. The van der Waals surface area contributed by atoms with Crippen molar-refractivity contribution in [1.82, 2.24) is 0 Å². The van der Waals surface area contributed by atoms with Gasteiger partial charge in [0.2, 0.25) is 0 Å². The molecule has 0 nitrogen and oxygen atoms in total. The second-order valence-corrected chi connectivity index (χ2v) is 3.61. The fourth-order valence-corrected chi connectivity index (χ4v) is 0.862. The molecule has 0 amide bonds. The van der Waals surface area contributed by atoms with E-state index in [9.17, 15) is 0 Å². The van der Waals surface area contributed by atoms with Gasteiger partial charge >= 0.3 is 0 Å². The highest BCUT2D eigenvalue weighted by atomic mass is 14.2. The molecule has 0 unspecified atom stereocenters. The summed E-state index contributed by atoms with van der Waals surface area (Å²) >= 11 is 0. The molecule has 0 aliphatic rings. The second-order valence-electron chi connectivity index (χ2n) is 3.61. The predicted octanol–water partition coefficient (Wildman–Crippen LogP) is 3.72. The van der Waals surface area contributed by atoms with Gasteiger partial charge in [-0.1, -0.05) is 51.7 Å². The summed E-state index contributed by atoms with van der Waals surface area (Å²) in [6.45, 7) is 12.3. The number of hydrogen-bond acceptors (Lipinski definition) is 0. The molecule has 0 aromatic carbocycles. The Labute approximate surface area is 70.3 Å². The summed E-state index contributed by atoms with van der Waals surface area (Å²) in [7, 11) is 0. The highest BCUT2D eigenvalue weighted by Crippen LogP contribution is 2.25. The standard InChI is InChI=1S/C11H18/c1-6-8-10(9-7-2)11(3,4)5/h6-9H,1H2,2-5H3/b9-7-,10-8+. The molecule has 62 valence electrons. The molecule has 0 N–H and O–H groups in total. The normalized spacial score (nSPS) is 14.0. The maximum absolute atomic E-state index is 3.69. The van der Waals surface area contributed by atoms with Crippen LogP contribution in [0.5, 0.6) is 0 Å². The smallest absolute Gasteiger partial charge is 0.0132 e. The maximum atomic E-state index is 3.69. The van der Waals surface area contributed by atoms with Crippen LogP contribution in [-0.4, -0.2) is 0 Å². The third kappa shape index (κ3) is 3.82. The quantitative estimate of drug-likeness (QED) is 0.526. The molecule has 11 heavy (non-hydrogen) atoms. The summed E-state index contributed by atoms with van der Waals surface area (Å²) in [6.07, 6.45) is 8.07. The molecule has 0 aromatic heterocycles. The fourth-order valence-electron chi connectivity index (χ4n) is 0.862. The van der Waals surface area contributed by atoms with Crippen molar-refractivity contribution in [3.05, 3.63) is 36.5 Å². The summed E-state index contributed by atoms with van der Waals surface area (Å²) in [6, 6.07) is 0. The third-order valence-electron chi connectivity index (χ3n) is 1.51. The minimum Gasteiger partial charge on any atom is -0.0991 e. The zero-order chi connectivity index (χ0) is 8.91. The summed E-state index contributed by atoms with van der Waals surface area (Å²) in [5.41, 5.74) is 1.54. The molecule has 0 rings (SSSR count). The Kier molecular flexibility index (Phi) is 3.88. The molecule has 0 saturated carbocycles. The van der Waals surface area contributed by atoms with Gasteiger partial charge in [-0.25, -0.2) is 0 Å². The Morgan fingerprint density at radius 2 is 1.82 bits per heavy atom. The van der Waals surface area contributed by atoms with E-state index in [2.05, 4.69) is 45.6 Å². The number of rotatable bonds is 2. The highest BCUT2D eigenvalue weighted by Gasteiger charge is 2.12. The Balaban J connectivity index is 4.61. The zero-order valence-corrected chi connectivity index (χ0v) is 8.02. The first-order valence-electron chi connectivity index (χ1n) is 3.98. The van der Waals surface area contributed by atoms with Gasteiger partial charge in [-0.2, -0.15) is 0 Å². The van der Waals surface area contributed by atoms with Crippen molar-refractivity contribution in [2.75, 3.05) is 0 Å². The molecule has 0 spiro atoms. The lowest BCUT2D eigenvalue weighted by Crippen LogP contribution is -2.06. The molecule has 0 radical (unpaired) electrons. The van der Waals surface area contributed by atoms with E-state index in [0.29, 0.717) is 0 Å². The minimum absolute atomic E-state index is 0.223. The van der Waals surface area contributed by atoms with Crippen molar-refractivity contribution in [1.29, 1.82) is 0 Å². The van der Waals surface area contributed by atoms with Crippen molar-refractivity contribution in [2.45, 2.75) is 27.7 Å². The molecule has 0 fully saturated rings. The molecule has 0 atom stereocenters. The monoisotopic (exact) mass is 150 g/mol. The average Bonchev–Trinajstić information content (AvgIpc) is 1.85. The Morgan fingerprint density at radius 1 is 1.27 bits per heavy atom. The predicted molar refractivity (Wildman–Crippen MR) is 52.5 cm³/mol. The first kappa shape index (κ1) is 10.2. The van der Waals surface area contributed by atoms with Crippen LogP contribution in [0.15, 0.2) is 36.5 Å². The van der Waals surface area contributed by atoms with Crippen LogP contribution < -0.4 is 0 Å². The molecule has 0 saturated heterocycles. The highest BCUT2D eigenvalue weighted by molar-refractivity contribution is 5.27. The van der Waals surface area contributed by atoms with Gasteiger partial charge in [0.15, 0.2) is 0 Å². The topological polar surface area (TPSA) is 0 Å². The van der Waals surface area contributed by atoms with Gasteiger partial charge in [0, 0.05) is 0 Å². The van der Waals surface area contributed by atoms with E-state index in [0.717, 1.165) is 0 Å². The molecule has 0 heteroatoms. The van der Waals surface area contributed by atoms with Gasteiger partial charge in [0.25, 0.3) is 0 Å². The van der Waals surface area contributed by atoms with Crippen LogP contribution >= 0.6 is 0 Å². The summed E-state index contributed by atoms with van der Waals surface area (Å²) in [4.78, 5) is 0. The van der Waals surface area contributed by atoms with Crippen molar-refractivity contribution in [3.63, 3.8) is 0 Å². The summed E-state index contributed by atoms with van der Waals surface area (Å²) < 4.78 is 0. The second kappa shape index (κ2) is 4.17. The van der Waals surface area contributed by atoms with Gasteiger partial charge in [-0.05, 0) is 17.9 Å². The van der Waals surface area contributed by atoms with Crippen LogP contribution in [0.3, 0.4) is 0 Å². The van der Waals surface area contributed by atoms with E-state index < -0.39 is 0 Å². The molecule has 0 aliphatic heterocycles. The first-order chi connectivity index (χ1) is 5.02. The molecule has 0 heterocycles. The van der Waals surface area contributed by atoms with Crippen LogP contribution in [0.2, 0.25) is 0 Å². The van der Waals surface area contributed by atoms with Crippen LogP contribution in [-0.2, 0) is 0 Å². The molecular formula is C11H18. The Bertz CT molecular complexity index is 175. The zero-order valence-electron chi connectivity index (χ0n) is 8.02. The lowest BCUT2D eigenvalue weighted by molar-refractivity contribution is 0.517. The summed E-state index contributed by atoms with van der Waals surface area (Å²) in [5, 5.41) is 0. The van der Waals surface area contributed by atoms with E-state index in [-0.39, 0.29) is 5.41 Å². The van der Waals surface area contributed by atoms with E-state index in [1.54, 1.807) is 0 Å². The van der Waals surface area contributed by atoms with Crippen LogP contribution in [0.4, 0.5) is 0 Å². The van der Waals surface area contributed by atoms with Gasteiger partial charge in [0.1, 0.15) is 0 Å². The lowest BCUT2D eigenvalue weighted by atomic mass is 9.86. The summed E-state index contributed by atoms with van der Waals surface area (Å²) in [5.74, 6) is 0. The average molecular weight is 150 g/mol. The molecule has 0 aromatic rings. The Morgan fingerprint density at radius 3 is 2.09 bits per heavy atom. The third-order valence-corrected chi connectivity index (χ3v) is 1.51. The molecule has 0 aliphatic carbocycles. The van der Waals surface area contributed by atoms with Crippen molar-refractivity contribution in [3.8, 4) is 0 Å². The van der Waals surface area contributed by atoms with Crippen LogP contribution in [0.1, 0.15) is 27.7 Å². The van der Waals surface area contributed by atoms with Crippen LogP contribution in [0.25, 0.3) is 0 Å². The van der Waals surface area contributed by atoms with Crippen molar-refractivity contribution < 1.29 is 0 Å². The largest absolute Gasteiger partial charge is 0.0991 e. The van der Waals surface area contributed by atoms with E-state index in [1.165, 1.54) is 5.57 Å². The van der Waals surface area contributed by atoms with Gasteiger partial charge in [-0.3, -0.25) is 0 Å².